The van der Waals surface area contributed by atoms with Crippen molar-refractivity contribution >= 4 is 15.6 Å². The molecule has 2 unspecified atom stereocenters. The first-order valence-corrected chi connectivity index (χ1v) is 19.1. The second-order valence-electron chi connectivity index (χ2n) is 10.7. The zero-order valence-corrected chi connectivity index (χ0v) is 27.1. The number of unbranched alkanes of at least 4 members (excludes halogenated alkanes) is 20. The van der Waals surface area contributed by atoms with E-state index in [0.29, 0.717) is 19.3 Å². The first-order valence-electron chi connectivity index (χ1n) is 16.1. The van der Waals surface area contributed by atoms with E-state index in [-0.39, 0.29) is 26.4 Å². The van der Waals surface area contributed by atoms with Gasteiger partial charge in [-0.15, -0.1) is 0 Å². The first-order chi connectivity index (χ1) is 18.8. The van der Waals surface area contributed by atoms with Crippen LogP contribution in [0.5, 0.6) is 0 Å². The second kappa shape index (κ2) is 28.3. The standard InChI is InChI=1S/C29H62O8P2/c1-3-5-7-9-11-13-15-17-19-22-26-34-38(30,31)36-28-24-21-25-29-37-39(32,33)35-27-23-20-18-16-14-12-10-8-6-4-2/h3-29H2,1-2H3,(H,30,31)(H,32,33). The van der Waals surface area contributed by atoms with E-state index in [2.05, 4.69) is 13.8 Å². The summed E-state index contributed by atoms with van der Waals surface area (Å²) < 4.78 is 44.0. The van der Waals surface area contributed by atoms with Crippen LogP contribution in [0.4, 0.5) is 0 Å². The first kappa shape index (κ1) is 39.2. The average molecular weight is 601 g/mol. The lowest BCUT2D eigenvalue weighted by atomic mass is 10.1. The fourth-order valence-electron chi connectivity index (χ4n) is 4.35. The monoisotopic (exact) mass is 600 g/mol. The Morgan fingerprint density at radius 3 is 0.769 bits per heavy atom. The molecule has 0 heterocycles. The van der Waals surface area contributed by atoms with Gasteiger partial charge in [0.15, 0.2) is 0 Å². The lowest BCUT2D eigenvalue weighted by Crippen LogP contribution is -2.01. The molecule has 0 rings (SSSR count). The van der Waals surface area contributed by atoms with E-state index < -0.39 is 15.6 Å². The highest BCUT2D eigenvalue weighted by Gasteiger charge is 2.21. The maximum absolute atomic E-state index is 11.9. The second-order valence-corrected chi connectivity index (χ2v) is 13.6. The molecule has 0 spiro atoms. The van der Waals surface area contributed by atoms with Gasteiger partial charge in [-0.25, -0.2) is 9.13 Å². The number of phosphoric ester groups is 2. The number of phosphoric acid groups is 2. The fraction of sp³-hybridized carbons (Fsp3) is 1.00. The average Bonchev–Trinajstić information content (AvgIpc) is 2.89. The van der Waals surface area contributed by atoms with Gasteiger partial charge >= 0.3 is 15.6 Å². The van der Waals surface area contributed by atoms with Crippen LogP contribution in [0, 0.1) is 0 Å². The van der Waals surface area contributed by atoms with Crippen LogP contribution in [0.15, 0.2) is 0 Å². The van der Waals surface area contributed by atoms with Crippen molar-refractivity contribution in [1.82, 2.24) is 0 Å². The Bertz CT molecular complexity index is 556. The van der Waals surface area contributed by atoms with Crippen LogP contribution in [0.2, 0.25) is 0 Å². The van der Waals surface area contributed by atoms with Crippen LogP contribution < -0.4 is 0 Å². The van der Waals surface area contributed by atoms with Crippen LogP contribution in [0.1, 0.15) is 162 Å². The molecule has 0 aromatic rings. The van der Waals surface area contributed by atoms with Gasteiger partial charge in [-0.2, -0.15) is 0 Å². The van der Waals surface area contributed by atoms with Gasteiger partial charge in [0, 0.05) is 0 Å². The molecule has 0 aromatic heterocycles. The van der Waals surface area contributed by atoms with Gasteiger partial charge in [0.05, 0.1) is 26.4 Å². The van der Waals surface area contributed by atoms with E-state index in [0.717, 1.165) is 38.5 Å². The summed E-state index contributed by atoms with van der Waals surface area (Å²) >= 11 is 0. The quantitative estimate of drug-likeness (QED) is 0.0579. The van der Waals surface area contributed by atoms with Gasteiger partial charge in [0.25, 0.3) is 0 Å². The summed E-state index contributed by atoms with van der Waals surface area (Å²) in [6, 6.07) is 0. The van der Waals surface area contributed by atoms with Crippen LogP contribution in [-0.4, -0.2) is 36.2 Å². The molecule has 0 aliphatic heterocycles. The third-order valence-corrected chi connectivity index (χ3v) is 8.84. The maximum Gasteiger partial charge on any atom is 0.472 e. The van der Waals surface area contributed by atoms with E-state index in [1.807, 2.05) is 0 Å². The molecule has 0 aliphatic rings. The third kappa shape index (κ3) is 31.0. The molecular formula is C29H62O8P2. The Morgan fingerprint density at radius 2 is 0.538 bits per heavy atom. The molecule has 236 valence electrons. The number of rotatable bonds is 32. The maximum atomic E-state index is 11.9. The van der Waals surface area contributed by atoms with Crippen molar-refractivity contribution in [2.24, 2.45) is 0 Å². The normalized spacial score (nSPS) is 14.9. The van der Waals surface area contributed by atoms with Gasteiger partial charge in [-0.3, -0.25) is 18.1 Å². The predicted octanol–water partition coefficient (Wildman–Crippen LogP) is 10.3. The molecule has 2 N–H and O–H groups in total. The van der Waals surface area contributed by atoms with Gasteiger partial charge in [-0.05, 0) is 32.1 Å². The lowest BCUT2D eigenvalue weighted by molar-refractivity contribution is 0.139. The summed E-state index contributed by atoms with van der Waals surface area (Å²) in [5, 5.41) is 0. The summed E-state index contributed by atoms with van der Waals surface area (Å²) in [5.74, 6) is 0. The van der Waals surface area contributed by atoms with Crippen LogP contribution in [0.25, 0.3) is 0 Å². The summed E-state index contributed by atoms with van der Waals surface area (Å²) in [6.45, 7) is 5.09. The van der Waals surface area contributed by atoms with E-state index in [9.17, 15) is 18.9 Å². The lowest BCUT2D eigenvalue weighted by Gasteiger charge is -2.13. The van der Waals surface area contributed by atoms with E-state index in [1.165, 1.54) is 89.9 Å². The molecule has 0 bridgehead atoms. The molecule has 0 aromatic carbocycles. The summed E-state index contributed by atoms with van der Waals surface area (Å²) in [6.07, 6.45) is 25.5. The summed E-state index contributed by atoms with van der Waals surface area (Å²) in [5.41, 5.74) is 0. The number of hydrogen-bond donors (Lipinski definition) is 2. The summed E-state index contributed by atoms with van der Waals surface area (Å²) in [4.78, 5) is 19.5. The van der Waals surface area contributed by atoms with Crippen LogP contribution >= 0.6 is 15.6 Å². The highest BCUT2D eigenvalue weighted by Crippen LogP contribution is 2.44. The topological polar surface area (TPSA) is 112 Å². The molecule has 0 saturated heterocycles. The molecule has 0 saturated carbocycles. The highest BCUT2D eigenvalue weighted by molar-refractivity contribution is 7.47. The molecule has 10 heteroatoms. The van der Waals surface area contributed by atoms with Crippen LogP contribution in [0.3, 0.4) is 0 Å². The van der Waals surface area contributed by atoms with Gasteiger partial charge in [-0.1, -0.05) is 129 Å². The Balaban J connectivity index is 3.51. The van der Waals surface area contributed by atoms with E-state index in [4.69, 9.17) is 18.1 Å². The predicted molar refractivity (Wildman–Crippen MR) is 161 cm³/mol. The number of hydrogen-bond acceptors (Lipinski definition) is 6. The minimum absolute atomic E-state index is 0.0951. The minimum atomic E-state index is -4.02. The minimum Gasteiger partial charge on any atom is -0.302 e. The molecule has 0 radical (unpaired) electrons. The highest BCUT2D eigenvalue weighted by atomic mass is 31.2. The molecular weight excluding hydrogens is 538 g/mol. The van der Waals surface area contributed by atoms with Crippen LogP contribution in [-0.2, 0) is 27.2 Å². The molecule has 8 nitrogen and oxygen atoms in total. The Labute approximate surface area is 240 Å². The van der Waals surface area contributed by atoms with Crippen molar-refractivity contribution < 1.29 is 37.0 Å². The fourth-order valence-corrected chi connectivity index (χ4v) is 5.94. The molecule has 0 fully saturated rings. The van der Waals surface area contributed by atoms with Crippen molar-refractivity contribution in [3.63, 3.8) is 0 Å². The van der Waals surface area contributed by atoms with Gasteiger partial charge in [0.1, 0.15) is 0 Å². The molecule has 0 aliphatic carbocycles. The third-order valence-electron chi connectivity index (χ3n) is 6.80. The Morgan fingerprint density at radius 1 is 0.359 bits per heavy atom. The van der Waals surface area contributed by atoms with Gasteiger partial charge in [0.2, 0.25) is 0 Å². The van der Waals surface area contributed by atoms with Crippen molar-refractivity contribution in [3.8, 4) is 0 Å². The van der Waals surface area contributed by atoms with Crippen molar-refractivity contribution in [2.45, 2.75) is 162 Å². The SMILES string of the molecule is CCCCCCCCCCCCOP(=O)(O)OCCCCCOP(=O)(O)OCCCCCCCCCCCC. The zero-order valence-electron chi connectivity index (χ0n) is 25.3. The van der Waals surface area contributed by atoms with E-state index in [1.54, 1.807) is 0 Å². The molecule has 39 heavy (non-hydrogen) atoms. The van der Waals surface area contributed by atoms with Gasteiger partial charge < -0.3 is 9.79 Å². The van der Waals surface area contributed by atoms with Crippen molar-refractivity contribution in [3.05, 3.63) is 0 Å². The smallest absolute Gasteiger partial charge is 0.302 e. The van der Waals surface area contributed by atoms with Crippen molar-refractivity contribution in [1.29, 1.82) is 0 Å². The van der Waals surface area contributed by atoms with E-state index >= 15 is 0 Å². The Hall–Kier alpha value is 0.220. The molecule has 2 atom stereocenters. The van der Waals surface area contributed by atoms with Crippen molar-refractivity contribution in [2.75, 3.05) is 26.4 Å². The molecule has 0 amide bonds. The zero-order chi connectivity index (χ0) is 28.9. The Kier molecular flexibility index (Phi) is 28.5. The largest absolute Gasteiger partial charge is 0.472 e. The summed E-state index contributed by atoms with van der Waals surface area (Å²) in [7, 11) is -8.04.